The standard InChI is InChI=1S/C16H32N2O2S/c1-16(2,3)20-15(19)18-14-11-13(12-14)17-9-7-5-6-8-10-21-4/h13-14,17H,5-12H2,1-4H3,(H,18,19). The summed E-state index contributed by atoms with van der Waals surface area (Å²) in [5, 5.41) is 6.49. The Hall–Kier alpha value is -0.420. The van der Waals surface area contributed by atoms with Crippen molar-refractivity contribution >= 4 is 17.9 Å². The number of carbonyl (C=O) groups excluding carboxylic acids is 1. The number of ether oxygens (including phenoxy) is 1. The highest BCUT2D eigenvalue weighted by Gasteiger charge is 2.30. The van der Waals surface area contributed by atoms with E-state index in [2.05, 4.69) is 16.9 Å². The van der Waals surface area contributed by atoms with Crippen molar-refractivity contribution in [2.75, 3.05) is 18.6 Å². The Bertz CT molecular complexity index is 299. The molecule has 21 heavy (non-hydrogen) atoms. The number of alkyl carbamates (subject to hydrolysis) is 1. The number of hydrogen-bond acceptors (Lipinski definition) is 4. The van der Waals surface area contributed by atoms with Gasteiger partial charge in [-0.05, 0) is 65.0 Å². The third-order valence-electron chi connectivity index (χ3n) is 3.57. The van der Waals surface area contributed by atoms with Crippen LogP contribution in [0.4, 0.5) is 4.79 Å². The third-order valence-corrected chi connectivity index (χ3v) is 4.26. The van der Waals surface area contributed by atoms with Gasteiger partial charge in [0.1, 0.15) is 5.60 Å². The van der Waals surface area contributed by atoms with E-state index in [-0.39, 0.29) is 12.1 Å². The Labute approximate surface area is 134 Å². The zero-order valence-electron chi connectivity index (χ0n) is 14.0. The average Bonchev–Trinajstić information content (AvgIpc) is 2.31. The minimum atomic E-state index is -0.415. The van der Waals surface area contributed by atoms with Crippen molar-refractivity contribution in [3.63, 3.8) is 0 Å². The predicted octanol–water partition coefficient (Wildman–Crippen LogP) is 3.56. The van der Waals surface area contributed by atoms with Crippen LogP contribution in [0.1, 0.15) is 59.3 Å². The molecule has 0 radical (unpaired) electrons. The molecule has 1 rings (SSSR count). The lowest BCUT2D eigenvalue weighted by Crippen LogP contribution is -2.53. The second kappa shape index (κ2) is 9.57. The van der Waals surface area contributed by atoms with E-state index in [9.17, 15) is 4.79 Å². The molecular formula is C16H32N2O2S. The summed E-state index contributed by atoms with van der Waals surface area (Å²) in [6.45, 7) is 6.76. The number of amides is 1. The average molecular weight is 317 g/mol. The van der Waals surface area contributed by atoms with E-state index in [1.54, 1.807) is 0 Å². The van der Waals surface area contributed by atoms with Gasteiger partial charge in [-0.1, -0.05) is 12.8 Å². The van der Waals surface area contributed by atoms with Crippen molar-refractivity contribution < 1.29 is 9.53 Å². The maximum atomic E-state index is 11.6. The van der Waals surface area contributed by atoms with Crippen molar-refractivity contribution in [2.24, 2.45) is 0 Å². The van der Waals surface area contributed by atoms with Crippen molar-refractivity contribution in [3.05, 3.63) is 0 Å². The zero-order chi connectivity index (χ0) is 15.7. The van der Waals surface area contributed by atoms with Gasteiger partial charge in [0.2, 0.25) is 0 Å². The van der Waals surface area contributed by atoms with Crippen LogP contribution in [0.25, 0.3) is 0 Å². The van der Waals surface area contributed by atoms with E-state index in [0.29, 0.717) is 6.04 Å². The molecule has 0 saturated heterocycles. The lowest BCUT2D eigenvalue weighted by molar-refractivity contribution is 0.0465. The van der Waals surface area contributed by atoms with Crippen LogP contribution < -0.4 is 10.6 Å². The first-order valence-corrected chi connectivity index (χ1v) is 9.52. The molecule has 0 heterocycles. The highest BCUT2D eigenvalue weighted by molar-refractivity contribution is 7.98. The van der Waals surface area contributed by atoms with Crippen LogP contribution >= 0.6 is 11.8 Å². The van der Waals surface area contributed by atoms with E-state index in [4.69, 9.17) is 4.74 Å². The second-order valence-electron chi connectivity index (χ2n) is 6.87. The molecule has 1 aliphatic carbocycles. The largest absolute Gasteiger partial charge is 0.444 e. The maximum absolute atomic E-state index is 11.6. The number of carbonyl (C=O) groups is 1. The minimum Gasteiger partial charge on any atom is -0.444 e. The summed E-state index contributed by atoms with van der Waals surface area (Å²) < 4.78 is 5.25. The molecule has 0 aromatic rings. The van der Waals surface area contributed by atoms with Gasteiger partial charge in [-0.2, -0.15) is 11.8 Å². The van der Waals surface area contributed by atoms with Gasteiger partial charge >= 0.3 is 6.09 Å². The number of unbranched alkanes of at least 4 members (excludes halogenated alkanes) is 3. The fourth-order valence-corrected chi connectivity index (χ4v) is 2.90. The number of rotatable bonds is 9. The van der Waals surface area contributed by atoms with Crippen molar-refractivity contribution in [3.8, 4) is 0 Å². The monoisotopic (exact) mass is 316 g/mol. The van der Waals surface area contributed by atoms with Crippen LogP contribution in [0.3, 0.4) is 0 Å². The van der Waals surface area contributed by atoms with Gasteiger partial charge in [-0.25, -0.2) is 4.79 Å². The molecule has 0 aromatic carbocycles. The first-order valence-electron chi connectivity index (χ1n) is 8.12. The molecule has 124 valence electrons. The van der Waals surface area contributed by atoms with E-state index in [0.717, 1.165) is 19.4 Å². The molecule has 1 aliphatic rings. The topological polar surface area (TPSA) is 50.4 Å². The summed E-state index contributed by atoms with van der Waals surface area (Å²) in [6.07, 6.45) is 9.18. The van der Waals surface area contributed by atoms with Crippen molar-refractivity contribution in [2.45, 2.75) is 77.0 Å². The Morgan fingerprint density at radius 2 is 1.81 bits per heavy atom. The SMILES string of the molecule is CSCCCCCCNC1CC(NC(=O)OC(C)(C)C)C1. The van der Waals surface area contributed by atoms with Gasteiger partial charge in [-0.15, -0.1) is 0 Å². The Kier molecular flexibility index (Phi) is 8.49. The molecule has 2 N–H and O–H groups in total. The molecule has 5 heteroatoms. The van der Waals surface area contributed by atoms with E-state index in [1.807, 2.05) is 32.5 Å². The van der Waals surface area contributed by atoms with E-state index >= 15 is 0 Å². The van der Waals surface area contributed by atoms with Crippen molar-refractivity contribution in [1.82, 2.24) is 10.6 Å². The van der Waals surface area contributed by atoms with E-state index in [1.165, 1.54) is 31.4 Å². The third kappa shape index (κ3) is 9.25. The van der Waals surface area contributed by atoms with Crippen LogP contribution in [0, 0.1) is 0 Å². The summed E-state index contributed by atoms with van der Waals surface area (Å²) >= 11 is 1.93. The summed E-state index contributed by atoms with van der Waals surface area (Å²) in [5.41, 5.74) is -0.415. The Morgan fingerprint density at radius 3 is 2.43 bits per heavy atom. The lowest BCUT2D eigenvalue weighted by Gasteiger charge is -2.36. The van der Waals surface area contributed by atoms with Gasteiger partial charge in [-0.3, -0.25) is 0 Å². The highest BCUT2D eigenvalue weighted by atomic mass is 32.2. The minimum absolute atomic E-state index is 0.277. The molecule has 0 unspecified atom stereocenters. The Morgan fingerprint density at radius 1 is 1.14 bits per heavy atom. The molecule has 1 saturated carbocycles. The summed E-state index contributed by atoms with van der Waals surface area (Å²) in [7, 11) is 0. The van der Waals surface area contributed by atoms with Crippen LogP contribution in [0.15, 0.2) is 0 Å². The molecular weight excluding hydrogens is 284 g/mol. The zero-order valence-corrected chi connectivity index (χ0v) is 14.9. The summed E-state index contributed by atoms with van der Waals surface area (Å²) in [4.78, 5) is 11.6. The van der Waals surface area contributed by atoms with Gasteiger partial charge in [0, 0.05) is 12.1 Å². The normalized spacial score (nSPS) is 21.7. The van der Waals surface area contributed by atoms with Crippen LogP contribution in [-0.2, 0) is 4.74 Å². The van der Waals surface area contributed by atoms with Gasteiger partial charge in [0.05, 0.1) is 0 Å². The first-order chi connectivity index (χ1) is 9.90. The molecule has 0 atom stereocenters. The number of thioether (sulfide) groups is 1. The summed E-state index contributed by atoms with van der Waals surface area (Å²) in [6, 6.07) is 0.843. The highest BCUT2D eigenvalue weighted by Crippen LogP contribution is 2.20. The maximum Gasteiger partial charge on any atom is 0.407 e. The summed E-state index contributed by atoms with van der Waals surface area (Å²) in [5.74, 6) is 1.29. The lowest BCUT2D eigenvalue weighted by atomic mass is 9.87. The molecule has 0 aromatic heterocycles. The number of nitrogens with one attached hydrogen (secondary N) is 2. The van der Waals surface area contributed by atoms with Crippen LogP contribution in [0.2, 0.25) is 0 Å². The molecule has 0 aliphatic heterocycles. The van der Waals surface area contributed by atoms with Crippen LogP contribution in [-0.4, -0.2) is 42.3 Å². The smallest absolute Gasteiger partial charge is 0.407 e. The molecule has 4 nitrogen and oxygen atoms in total. The van der Waals surface area contributed by atoms with Gasteiger partial charge in [0.15, 0.2) is 0 Å². The van der Waals surface area contributed by atoms with Gasteiger partial charge in [0.25, 0.3) is 0 Å². The first kappa shape index (κ1) is 18.6. The fourth-order valence-electron chi connectivity index (χ4n) is 2.41. The molecule has 1 amide bonds. The van der Waals surface area contributed by atoms with E-state index < -0.39 is 5.60 Å². The van der Waals surface area contributed by atoms with Crippen molar-refractivity contribution in [1.29, 1.82) is 0 Å². The Balaban J connectivity index is 1.93. The number of hydrogen-bond donors (Lipinski definition) is 2. The quantitative estimate of drug-likeness (QED) is 0.639. The fraction of sp³-hybridized carbons (Fsp3) is 0.938. The molecule has 1 fully saturated rings. The van der Waals surface area contributed by atoms with Gasteiger partial charge < -0.3 is 15.4 Å². The molecule has 0 bridgehead atoms. The molecule has 0 spiro atoms. The predicted molar refractivity (Wildman–Crippen MR) is 91.0 cm³/mol. The van der Waals surface area contributed by atoms with Crippen LogP contribution in [0.5, 0.6) is 0 Å². The second-order valence-corrected chi connectivity index (χ2v) is 7.86.